The Morgan fingerprint density at radius 3 is 2.48 bits per heavy atom. The standard InChI is InChI=1S/C19H23ClN6O2S/c1-29(28)14-7-23-18(24-16(14)25-19(10-27)3-2-4-19)26-8-12-13(9-26)15(12)17-21-5-11(20)6-22-17/h5-7,12-13,15,27H,2-4,8-10H2,1H3,(H,23,24,25)/t12?,13?,15?,29-/m0/s1. The van der Waals surface area contributed by atoms with Crippen LogP contribution in [0.1, 0.15) is 31.0 Å². The number of aromatic nitrogens is 4. The summed E-state index contributed by atoms with van der Waals surface area (Å²) >= 11 is 5.89. The molecule has 154 valence electrons. The van der Waals surface area contributed by atoms with Crippen LogP contribution in [0.4, 0.5) is 11.8 Å². The molecular formula is C19H23ClN6O2S. The zero-order chi connectivity index (χ0) is 20.2. The molecule has 2 aliphatic carbocycles. The van der Waals surface area contributed by atoms with Crippen molar-refractivity contribution in [2.75, 3.05) is 36.2 Å². The minimum absolute atomic E-state index is 0.0404. The number of halogens is 1. The van der Waals surface area contributed by atoms with Crippen LogP contribution in [-0.4, -0.2) is 60.7 Å². The zero-order valence-corrected chi connectivity index (χ0v) is 17.7. The maximum atomic E-state index is 12.2. The molecule has 2 aromatic rings. The Hall–Kier alpha value is -1.84. The van der Waals surface area contributed by atoms with Crippen LogP contribution < -0.4 is 10.2 Å². The van der Waals surface area contributed by atoms with Gasteiger partial charge in [0.05, 0.1) is 39.1 Å². The Bertz CT molecular complexity index is 937. The molecule has 0 spiro atoms. The van der Waals surface area contributed by atoms with Gasteiger partial charge in [0.15, 0.2) is 0 Å². The molecule has 0 radical (unpaired) electrons. The third-order valence-corrected chi connectivity index (χ3v) is 7.58. The van der Waals surface area contributed by atoms with Gasteiger partial charge in [-0.05, 0) is 31.1 Å². The molecule has 1 saturated heterocycles. The highest BCUT2D eigenvalue weighted by molar-refractivity contribution is 7.84. The molecule has 3 fully saturated rings. The van der Waals surface area contributed by atoms with Gasteiger partial charge in [0.1, 0.15) is 11.6 Å². The number of aliphatic hydroxyl groups is 1. The van der Waals surface area contributed by atoms with Crippen LogP contribution in [0.2, 0.25) is 5.02 Å². The second kappa shape index (κ2) is 7.14. The van der Waals surface area contributed by atoms with Gasteiger partial charge >= 0.3 is 0 Å². The second-order valence-electron chi connectivity index (χ2n) is 8.27. The average molecular weight is 435 g/mol. The first kappa shape index (κ1) is 19.1. The molecule has 10 heteroatoms. The van der Waals surface area contributed by atoms with Crippen LogP contribution in [0, 0.1) is 11.8 Å². The fourth-order valence-electron chi connectivity index (χ4n) is 4.56. The summed E-state index contributed by atoms with van der Waals surface area (Å²) in [4.78, 5) is 20.7. The maximum Gasteiger partial charge on any atom is 0.227 e. The van der Waals surface area contributed by atoms with Gasteiger partial charge in [-0.3, -0.25) is 4.21 Å². The molecule has 1 aliphatic heterocycles. The molecule has 0 bridgehead atoms. The Morgan fingerprint density at radius 1 is 1.24 bits per heavy atom. The number of nitrogens with zero attached hydrogens (tertiary/aromatic N) is 5. The van der Waals surface area contributed by atoms with E-state index < -0.39 is 10.8 Å². The van der Waals surface area contributed by atoms with E-state index >= 15 is 0 Å². The number of anilines is 2. The predicted molar refractivity (Wildman–Crippen MR) is 111 cm³/mol. The molecule has 0 amide bonds. The van der Waals surface area contributed by atoms with E-state index in [-0.39, 0.29) is 12.1 Å². The Kier molecular flexibility index (Phi) is 4.71. The maximum absolute atomic E-state index is 12.2. The van der Waals surface area contributed by atoms with Crippen molar-refractivity contribution in [1.82, 2.24) is 19.9 Å². The van der Waals surface area contributed by atoms with Gasteiger partial charge in [0.2, 0.25) is 5.95 Å². The molecule has 0 aromatic carbocycles. The highest BCUT2D eigenvalue weighted by Gasteiger charge is 2.58. The minimum atomic E-state index is -1.21. The van der Waals surface area contributed by atoms with Crippen LogP contribution in [0.25, 0.3) is 0 Å². The number of aliphatic hydroxyl groups excluding tert-OH is 1. The summed E-state index contributed by atoms with van der Waals surface area (Å²) in [6.07, 6.45) is 9.41. The zero-order valence-electron chi connectivity index (χ0n) is 16.1. The molecule has 8 nitrogen and oxygen atoms in total. The van der Waals surface area contributed by atoms with Gasteiger partial charge in [-0.25, -0.2) is 15.0 Å². The van der Waals surface area contributed by atoms with E-state index in [1.54, 1.807) is 24.8 Å². The van der Waals surface area contributed by atoms with E-state index in [0.29, 0.717) is 39.4 Å². The normalized spacial score (nSPS) is 27.8. The van der Waals surface area contributed by atoms with Gasteiger partial charge in [-0.15, -0.1) is 0 Å². The fourth-order valence-corrected chi connectivity index (χ4v) is 5.23. The van der Waals surface area contributed by atoms with E-state index in [4.69, 9.17) is 16.6 Å². The Labute approximate surface area is 176 Å². The van der Waals surface area contributed by atoms with Gasteiger partial charge < -0.3 is 15.3 Å². The lowest BCUT2D eigenvalue weighted by molar-refractivity contribution is 0.143. The van der Waals surface area contributed by atoms with Crippen molar-refractivity contribution in [3.63, 3.8) is 0 Å². The van der Waals surface area contributed by atoms with E-state index in [1.807, 2.05) is 0 Å². The van der Waals surface area contributed by atoms with Gasteiger partial charge in [-0.1, -0.05) is 11.6 Å². The van der Waals surface area contributed by atoms with Crippen LogP contribution in [0.3, 0.4) is 0 Å². The number of nitrogens with one attached hydrogen (secondary N) is 1. The molecule has 2 aromatic heterocycles. The summed E-state index contributed by atoms with van der Waals surface area (Å²) in [5, 5.41) is 13.7. The van der Waals surface area contributed by atoms with Crippen LogP contribution in [-0.2, 0) is 10.8 Å². The predicted octanol–water partition coefficient (Wildman–Crippen LogP) is 1.83. The number of hydrogen-bond donors (Lipinski definition) is 2. The molecule has 2 saturated carbocycles. The lowest BCUT2D eigenvalue weighted by Crippen LogP contribution is -2.48. The average Bonchev–Trinajstić information content (AvgIpc) is 3.17. The summed E-state index contributed by atoms with van der Waals surface area (Å²) in [7, 11) is -1.21. The van der Waals surface area contributed by atoms with Crippen molar-refractivity contribution in [3.8, 4) is 0 Å². The van der Waals surface area contributed by atoms with Crippen molar-refractivity contribution in [2.45, 2.75) is 35.6 Å². The van der Waals surface area contributed by atoms with E-state index in [1.165, 1.54) is 0 Å². The summed E-state index contributed by atoms with van der Waals surface area (Å²) in [5.74, 6) is 3.42. The third-order valence-electron chi connectivity index (χ3n) is 6.46. The smallest absolute Gasteiger partial charge is 0.227 e. The SMILES string of the molecule is C[S@](=O)c1cnc(N2CC3C(C2)C3c2ncc(Cl)cn2)nc1NC1(CO)CCC1. The Morgan fingerprint density at radius 2 is 1.93 bits per heavy atom. The summed E-state index contributed by atoms with van der Waals surface area (Å²) in [5.41, 5.74) is -0.357. The molecule has 29 heavy (non-hydrogen) atoms. The van der Waals surface area contributed by atoms with E-state index in [9.17, 15) is 9.32 Å². The summed E-state index contributed by atoms with van der Waals surface area (Å²) < 4.78 is 12.2. The largest absolute Gasteiger partial charge is 0.394 e. The molecule has 2 unspecified atom stereocenters. The van der Waals surface area contributed by atoms with Crippen molar-refractivity contribution < 1.29 is 9.32 Å². The van der Waals surface area contributed by atoms with Gasteiger partial charge in [0, 0.05) is 37.7 Å². The molecule has 2 N–H and O–H groups in total. The first-order valence-corrected chi connectivity index (χ1v) is 11.8. The summed E-state index contributed by atoms with van der Waals surface area (Å²) in [6, 6.07) is 0. The molecule has 3 atom stereocenters. The van der Waals surface area contributed by atoms with Gasteiger partial charge in [0.25, 0.3) is 0 Å². The second-order valence-corrected chi connectivity index (χ2v) is 10.1. The first-order chi connectivity index (χ1) is 14.0. The topological polar surface area (TPSA) is 104 Å². The molecule has 3 heterocycles. The number of hydrogen-bond acceptors (Lipinski definition) is 8. The fraction of sp³-hybridized carbons (Fsp3) is 0.579. The highest BCUT2D eigenvalue weighted by atomic mass is 35.5. The number of rotatable bonds is 6. The van der Waals surface area contributed by atoms with Crippen LogP contribution in [0.5, 0.6) is 0 Å². The number of fused-ring (bicyclic) bond motifs is 1. The minimum Gasteiger partial charge on any atom is -0.394 e. The van der Waals surface area contributed by atoms with Gasteiger partial charge in [-0.2, -0.15) is 4.98 Å². The molecule has 5 rings (SSSR count). The lowest BCUT2D eigenvalue weighted by Gasteiger charge is -2.41. The quantitative estimate of drug-likeness (QED) is 0.709. The first-order valence-electron chi connectivity index (χ1n) is 9.81. The van der Waals surface area contributed by atoms with Crippen LogP contribution >= 0.6 is 11.6 Å². The molecule has 3 aliphatic rings. The monoisotopic (exact) mass is 434 g/mol. The van der Waals surface area contributed by atoms with Crippen molar-refractivity contribution in [1.29, 1.82) is 0 Å². The lowest BCUT2D eigenvalue weighted by atomic mass is 9.77. The van der Waals surface area contributed by atoms with E-state index in [0.717, 1.165) is 38.2 Å². The van der Waals surface area contributed by atoms with Crippen LogP contribution in [0.15, 0.2) is 23.5 Å². The van der Waals surface area contributed by atoms with E-state index in [2.05, 4.69) is 25.2 Å². The Balaban J connectivity index is 1.33. The highest BCUT2D eigenvalue weighted by Crippen LogP contribution is 2.57. The molecular weight excluding hydrogens is 412 g/mol. The summed E-state index contributed by atoms with van der Waals surface area (Å²) in [6.45, 7) is 1.74. The van der Waals surface area contributed by atoms with Crippen molar-refractivity contribution >= 4 is 34.2 Å². The van der Waals surface area contributed by atoms with Crippen molar-refractivity contribution in [3.05, 3.63) is 29.4 Å². The van der Waals surface area contributed by atoms with Crippen molar-refractivity contribution in [2.24, 2.45) is 11.8 Å². The number of piperidine rings is 1. The third kappa shape index (κ3) is 3.39.